The topological polar surface area (TPSA) is 71.3 Å². The fraction of sp³-hybridized carbons (Fsp3) is 0.231. The summed E-state index contributed by atoms with van der Waals surface area (Å²) in [6, 6.07) is 7.14. The molecule has 0 saturated carbocycles. The second kappa shape index (κ2) is 6.97. The molecule has 1 rings (SSSR count). The van der Waals surface area contributed by atoms with E-state index >= 15 is 0 Å². The van der Waals surface area contributed by atoms with Gasteiger partial charge in [-0.05, 0) is 23.8 Å². The molecule has 0 atom stereocenters. The van der Waals surface area contributed by atoms with Gasteiger partial charge in [-0.3, -0.25) is 4.79 Å². The molecule has 1 aromatic rings. The zero-order valence-electron chi connectivity index (χ0n) is 10.3. The van der Waals surface area contributed by atoms with Crippen LogP contribution in [0, 0.1) is 11.3 Å². The number of nitriles is 1. The maximum Gasteiger partial charge on any atom is 0.244 e. The quantitative estimate of drug-likeness (QED) is 0.629. The molecular formula is C13H14N2O3. The monoisotopic (exact) mass is 246 g/mol. The number of methoxy groups -OCH3 is 2. The molecule has 18 heavy (non-hydrogen) atoms. The number of nitrogens with zero attached hydrogens (tertiary/aromatic N) is 1. The molecule has 1 aromatic carbocycles. The number of carbonyl (C=O) groups excluding carboxylic acids is 1. The number of carbonyl (C=O) groups is 1. The number of ether oxygens (including phenoxy) is 2. The van der Waals surface area contributed by atoms with E-state index in [2.05, 4.69) is 5.32 Å². The van der Waals surface area contributed by atoms with E-state index in [9.17, 15) is 4.79 Å². The predicted molar refractivity (Wildman–Crippen MR) is 67.2 cm³/mol. The number of hydrogen-bond donors (Lipinski definition) is 1. The van der Waals surface area contributed by atoms with Crippen LogP contribution in [0.25, 0.3) is 6.08 Å². The van der Waals surface area contributed by atoms with Gasteiger partial charge in [0, 0.05) is 6.08 Å². The van der Waals surface area contributed by atoms with Crippen molar-refractivity contribution in [2.45, 2.75) is 0 Å². The minimum atomic E-state index is -0.314. The highest BCUT2D eigenvalue weighted by molar-refractivity contribution is 5.91. The molecule has 0 fully saturated rings. The summed E-state index contributed by atoms with van der Waals surface area (Å²) in [6.45, 7) is -0.00485. The summed E-state index contributed by atoms with van der Waals surface area (Å²) in [5.74, 6) is 0.909. The largest absolute Gasteiger partial charge is 0.493 e. The summed E-state index contributed by atoms with van der Waals surface area (Å²) in [6.07, 6.45) is 2.99. The SMILES string of the molecule is COc1ccc(/C=C/C(=O)NCC#N)cc1OC. The first-order valence-corrected chi connectivity index (χ1v) is 5.26. The molecule has 1 N–H and O–H groups in total. The summed E-state index contributed by atoms with van der Waals surface area (Å²) >= 11 is 0. The molecule has 94 valence electrons. The molecule has 0 aliphatic rings. The first-order chi connectivity index (χ1) is 8.71. The molecule has 1 amide bonds. The Kier molecular flexibility index (Phi) is 5.26. The van der Waals surface area contributed by atoms with E-state index in [0.717, 1.165) is 5.56 Å². The van der Waals surface area contributed by atoms with Gasteiger partial charge in [-0.15, -0.1) is 0 Å². The molecule has 5 heteroatoms. The third kappa shape index (κ3) is 3.83. The Morgan fingerprint density at radius 2 is 2.11 bits per heavy atom. The van der Waals surface area contributed by atoms with Crippen molar-refractivity contribution in [3.05, 3.63) is 29.8 Å². The number of hydrogen-bond acceptors (Lipinski definition) is 4. The van der Waals surface area contributed by atoms with E-state index in [0.29, 0.717) is 11.5 Å². The van der Waals surface area contributed by atoms with Crippen LogP contribution < -0.4 is 14.8 Å². The zero-order chi connectivity index (χ0) is 13.4. The van der Waals surface area contributed by atoms with Crippen LogP contribution in [-0.2, 0) is 4.79 Å². The van der Waals surface area contributed by atoms with E-state index < -0.39 is 0 Å². The lowest BCUT2D eigenvalue weighted by Crippen LogP contribution is -2.20. The van der Waals surface area contributed by atoms with Crippen molar-refractivity contribution in [1.29, 1.82) is 5.26 Å². The van der Waals surface area contributed by atoms with E-state index in [1.54, 1.807) is 38.5 Å². The van der Waals surface area contributed by atoms with E-state index in [-0.39, 0.29) is 12.5 Å². The number of amides is 1. The third-order valence-corrected chi connectivity index (χ3v) is 2.18. The maximum absolute atomic E-state index is 11.2. The van der Waals surface area contributed by atoms with Crippen LogP contribution in [0.1, 0.15) is 5.56 Å². The molecule has 0 unspecified atom stereocenters. The van der Waals surface area contributed by atoms with Gasteiger partial charge in [-0.2, -0.15) is 5.26 Å². The van der Waals surface area contributed by atoms with Crippen LogP contribution in [0.2, 0.25) is 0 Å². The maximum atomic E-state index is 11.2. The fourth-order valence-electron chi connectivity index (χ4n) is 1.31. The molecule has 0 aliphatic heterocycles. The van der Waals surface area contributed by atoms with Crippen molar-refractivity contribution >= 4 is 12.0 Å². The Hall–Kier alpha value is -2.48. The first-order valence-electron chi connectivity index (χ1n) is 5.26. The van der Waals surface area contributed by atoms with Gasteiger partial charge in [0.25, 0.3) is 0 Å². The Labute approximate surface area is 106 Å². The fourth-order valence-corrected chi connectivity index (χ4v) is 1.31. The highest BCUT2D eigenvalue weighted by Crippen LogP contribution is 2.27. The average molecular weight is 246 g/mol. The van der Waals surface area contributed by atoms with Crippen molar-refractivity contribution in [1.82, 2.24) is 5.32 Å². The van der Waals surface area contributed by atoms with Crippen LogP contribution in [0.4, 0.5) is 0 Å². The molecular weight excluding hydrogens is 232 g/mol. The number of rotatable bonds is 5. The lowest BCUT2D eigenvalue weighted by atomic mass is 10.2. The summed E-state index contributed by atoms with van der Waals surface area (Å²) in [5.41, 5.74) is 0.805. The predicted octanol–water partition coefficient (Wildman–Crippen LogP) is 1.36. The van der Waals surface area contributed by atoms with E-state index in [1.807, 2.05) is 6.07 Å². The van der Waals surface area contributed by atoms with Gasteiger partial charge < -0.3 is 14.8 Å². The summed E-state index contributed by atoms with van der Waals surface area (Å²) in [7, 11) is 3.10. The minimum Gasteiger partial charge on any atom is -0.493 e. The van der Waals surface area contributed by atoms with Gasteiger partial charge in [-0.25, -0.2) is 0 Å². The summed E-state index contributed by atoms with van der Waals surface area (Å²) in [4.78, 5) is 11.2. The van der Waals surface area contributed by atoms with Crippen LogP contribution in [0.5, 0.6) is 11.5 Å². The van der Waals surface area contributed by atoms with Gasteiger partial charge in [-0.1, -0.05) is 6.07 Å². The van der Waals surface area contributed by atoms with Crippen molar-refractivity contribution in [2.75, 3.05) is 20.8 Å². The van der Waals surface area contributed by atoms with Gasteiger partial charge in [0.15, 0.2) is 11.5 Å². The first kappa shape index (κ1) is 13.6. The normalized spacial score (nSPS) is 9.83. The molecule has 0 heterocycles. The Morgan fingerprint density at radius 3 is 2.72 bits per heavy atom. The van der Waals surface area contributed by atoms with Gasteiger partial charge >= 0.3 is 0 Å². The molecule has 5 nitrogen and oxygen atoms in total. The highest BCUT2D eigenvalue weighted by Gasteiger charge is 2.02. The average Bonchev–Trinajstić information content (AvgIpc) is 2.42. The molecule has 0 bridgehead atoms. The van der Waals surface area contributed by atoms with Crippen LogP contribution in [-0.4, -0.2) is 26.7 Å². The van der Waals surface area contributed by atoms with Crippen molar-refractivity contribution < 1.29 is 14.3 Å². The van der Waals surface area contributed by atoms with Crippen molar-refractivity contribution in [3.8, 4) is 17.6 Å². The highest BCUT2D eigenvalue weighted by atomic mass is 16.5. The van der Waals surface area contributed by atoms with Crippen molar-refractivity contribution in [3.63, 3.8) is 0 Å². The van der Waals surface area contributed by atoms with Gasteiger partial charge in [0.1, 0.15) is 6.54 Å². The molecule has 0 aromatic heterocycles. The summed E-state index contributed by atoms with van der Waals surface area (Å²) < 4.78 is 10.3. The third-order valence-electron chi connectivity index (χ3n) is 2.18. The Morgan fingerprint density at radius 1 is 1.39 bits per heavy atom. The second-order valence-corrected chi connectivity index (χ2v) is 3.32. The lowest BCUT2D eigenvalue weighted by Gasteiger charge is -2.07. The molecule has 0 saturated heterocycles. The van der Waals surface area contributed by atoms with E-state index in [1.165, 1.54) is 6.08 Å². The van der Waals surface area contributed by atoms with E-state index in [4.69, 9.17) is 14.7 Å². The molecule has 0 spiro atoms. The second-order valence-electron chi connectivity index (χ2n) is 3.32. The standard InChI is InChI=1S/C13H14N2O3/c1-17-11-5-3-10(9-12(11)18-2)4-6-13(16)15-8-7-14/h3-6,9H,8H2,1-2H3,(H,15,16)/b6-4+. The lowest BCUT2D eigenvalue weighted by molar-refractivity contribution is -0.116. The number of nitrogens with one attached hydrogen (secondary N) is 1. The molecule has 0 aliphatic carbocycles. The molecule has 0 radical (unpaired) electrons. The van der Waals surface area contributed by atoms with Crippen molar-refractivity contribution in [2.24, 2.45) is 0 Å². The van der Waals surface area contributed by atoms with Crippen LogP contribution in [0.15, 0.2) is 24.3 Å². The van der Waals surface area contributed by atoms with Crippen LogP contribution in [0.3, 0.4) is 0 Å². The Balaban J connectivity index is 2.76. The minimum absolute atomic E-state index is 0.00485. The summed E-state index contributed by atoms with van der Waals surface area (Å²) in [5, 5.41) is 10.7. The van der Waals surface area contributed by atoms with Gasteiger partial charge in [0.05, 0.1) is 20.3 Å². The zero-order valence-corrected chi connectivity index (χ0v) is 10.3. The number of benzene rings is 1. The Bertz CT molecular complexity index is 489. The van der Waals surface area contributed by atoms with Crippen LogP contribution >= 0.6 is 0 Å². The van der Waals surface area contributed by atoms with Gasteiger partial charge in [0.2, 0.25) is 5.91 Å². The smallest absolute Gasteiger partial charge is 0.244 e.